The molecule has 20 heavy (non-hydrogen) atoms. The highest BCUT2D eigenvalue weighted by Gasteiger charge is 2.32. The normalized spacial score (nSPS) is 22.8. The van der Waals surface area contributed by atoms with Crippen molar-refractivity contribution in [1.29, 1.82) is 0 Å². The zero-order valence-corrected chi connectivity index (χ0v) is 12.8. The number of hydrogen-bond donors (Lipinski definition) is 2. The first-order valence-electron chi connectivity index (χ1n) is 6.76. The molecule has 0 unspecified atom stereocenters. The molecule has 110 valence electrons. The summed E-state index contributed by atoms with van der Waals surface area (Å²) in [4.78, 5) is 28.2. The Labute approximate surface area is 122 Å². The number of aliphatic carboxylic acids is 1. The van der Waals surface area contributed by atoms with E-state index in [0.29, 0.717) is 17.7 Å². The van der Waals surface area contributed by atoms with Crippen LogP contribution in [0.5, 0.6) is 0 Å². The lowest BCUT2D eigenvalue weighted by molar-refractivity contribution is -0.141. The molecule has 0 aliphatic heterocycles. The highest BCUT2D eigenvalue weighted by molar-refractivity contribution is 7.11. The van der Waals surface area contributed by atoms with E-state index in [-0.39, 0.29) is 23.3 Å². The number of nitrogens with one attached hydrogen (secondary N) is 1. The minimum absolute atomic E-state index is 0.0430. The van der Waals surface area contributed by atoms with Crippen LogP contribution in [0.2, 0.25) is 0 Å². The maximum absolute atomic E-state index is 12.3. The summed E-state index contributed by atoms with van der Waals surface area (Å²) < 4.78 is 0. The molecule has 0 bridgehead atoms. The van der Waals surface area contributed by atoms with E-state index in [0.717, 1.165) is 12.1 Å². The number of amides is 1. The Balaban J connectivity index is 2.03. The van der Waals surface area contributed by atoms with Gasteiger partial charge in [-0.3, -0.25) is 9.59 Å². The van der Waals surface area contributed by atoms with Crippen LogP contribution in [0.25, 0.3) is 0 Å². The molecule has 0 spiro atoms. The van der Waals surface area contributed by atoms with Gasteiger partial charge in [-0.2, -0.15) is 0 Å². The predicted octanol–water partition coefficient (Wildman–Crippen LogP) is 2.42. The van der Waals surface area contributed by atoms with Crippen LogP contribution in [-0.4, -0.2) is 28.0 Å². The van der Waals surface area contributed by atoms with E-state index in [1.165, 1.54) is 11.3 Å². The van der Waals surface area contributed by atoms with Crippen LogP contribution in [0.3, 0.4) is 0 Å². The molecule has 1 amide bonds. The highest BCUT2D eigenvalue weighted by atomic mass is 32.1. The molecular weight excluding hydrogens is 276 g/mol. The Morgan fingerprint density at radius 3 is 2.65 bits per heavy atom. The van der Waals surface area contributed by atoms with Crippen LogP contribution in [-0.2, 0) is 10.2 Å². The Kier molecular flexibility index (Phi) is 4.13. The third-order valence-corrected chi connectivity index (χ3v) is 4.43. The lowest BCUT2D eigenvalue weighted by Crippen LogP contribution is -2.34. The molecule has 2 atom stereocenters. The van der Waals surface area contributed by atoms with Gasteiger partial charge in [-0.05, 0) is 19.3 Å². The average Bonchev–Trinajstić information content (AvgIpc) is 2.95. The van der Waals surface area contributed by atoms with Crippen molar-refractivity contribution in [1.82, 2.24) is 10.3 Å². The Morgan fingerprint density at radius 1 is 1.40 bits per heavy atom. The van der Waals surface area contributed by atoms with Crippen molar-refractivity contribution < 1.29 is 14.7 Å². The Hall–Kier alpha value is -1.43. The second-order valence-corrected chi connectivity index (χ2v) is 7.15. The van der Waals surface area contributed by atoms with E-state index < -0.39 is 5.97 Å². The number of carbonyl (C=O) groups is 2. The molecule has 0 radical (unpaired) electrons. The van der Waals surface area contributed by atoms with Gasteiger partial charge in [-0.1, -0.05) is 20.8 Å². The molecule has 0 aromatic carbocycles. The van der Waals surface area contributed by atoms with E-state index in [2.05, 4.69) is 10.3 Å². The summed E-state index contributed by atoms with van der Waals surface area (Å²) in [7, 11) is 0. The number of carboxylic acid groups (broad SMARTS) is 1. The van der Waals surface area contributed by atoms with Gasteiger partial charge in [-0.25, -0.2) is 4.98 Å². The van der Waals surface area contributed by atoms with E-state index in [9.17, 15) is 9.59 Å². The molecule has 1 aromatic heterocycles. The highest BCUT2D eigenvalue weighted by Crippen LogP contribution is 2.29. The second kappa shape index (κ2) is 5.52. The fourth-order valence-electron chi connectivity index (χ4n) is 2.53. The van der Waals surface area contributed by atoms with Gasteiger partial charge >= 0.3 is 5.97 Å². The van der Waals surface area contributed by atoms with Crippen LogP contribution >= 0.6 is 11.3 Å². The SMILES string of the molecule is CC(C)(C)c1ncsc1C(=O)N[C@H]1CC[C@@H](C(=O)O)C1. The number of thiazole rings is 1. The summed E-state index contributed by atoms with van der Waals surface area (Å²) in [5, 5.41) is 11.9. The van der Waals surface area contributed by atoms with Crippen LogP contribution in [0.15, 0.2) is 5.51 Å². The standard InChI is InChI=1S/C14H20N2O3S/c1-14(2,3)11-10(20-7-15-11)12(17)16-9-5-4-8(6-9)13(18)19/h7-9H,4-6H2,1-3H3,(H,16,17)(H,18,19)/t8-,9+/m1/s1. The number of rotatable bonds is 3. The number of carboxylic acids is 1. The fraction of sp³-hybridized carbons (Fsp3) is 0.643. The molecule has 1 aliphatic rings. The van der Waals surface area contributed by atoms with E-state index in [4.69, 9.17) is 5.11 Å². The van der Waals surface area contributed by atoms with E-state index in [1.807, 2.05) is 20.8 Å². The fourth-order valence-corrected chi connectivity index (χ4v) is 3.43. The quantitative estimate of drug-likeness (QED) is 0.897. The summed E-state index contributed by atoms with van der Waals surface area (Å²) in [6.45, 7) is 6.07. The number of hydrogen-bond acceptors (Lipinski definition) is 4. The van der Waals surface area contributed by atoms with Crippen molar-refractivity contribution in [2.24, 2.45) is 5.92 Å². The summed E-state index contributed by atoms with van der Waals surface area (Å²) in [5.74, 6) is -1.23. The molecule has 1 fully saturated rings. The van der Waals surface area contributed by atoms with Gasteiger partial charge in [0.25, 0.3) is 5.91 Å². The first kappa shape index (κ1) is 15.0. The molecule has 2 N–H and O–H groups in total. The lowest BCUT2D eigenvalue weighted by atomic mass is 9.91. The minimum Gasteiger partial charge on any atom is -0.481 e. The first-order valence-corrected chi connectivity index (χ1v) is 7.64. The van der Waals surface area contributed by atoms with Crippen molar-refractivity contribution in [3.63, 3.8) is 0 Å². The smallest absolute Gasteiger partial charge is 0.306 e. The monoisotopic (exact) mass is 296 g/mol. The number of aromatic nitrogens is 1. The van der Waals surface area contributed by atoms with Gasteiger partial charge in [-0.15, -0.1) is 11.3 Å². The van der Waals surface area contributed by atoms with Crippen molar-refractivity contribution in [2.75, 3.05) is 0 Å². The minimum atomic E-state index is -0.769. The van der Waals surface area contributed by atoms with Gasteiger partial charge in [0.05, 0.1) is 17.1 Å². The lowest BCUT2D eigenvalue weighted by Gasteiger charge is -2.18. The summed E-state index contributed by atoms with van der Waals surface area (Å²) >= 11 is 1.34. The number of carbonyl (C=O) groups excluding carboxylic acids is 1. The van der Waals surface area contributed by atoms with Crippen LogP contribution in [0, 0.1) is 5.92 Å². The molecule has 1 aliphatic carbocycles. The predicted molar refractivity (Wildman–Crippen MR) is 77.0 cm³/mol. The van der Waals surface area contributed by atoms with Crippen LogP contribution in [0.4, 0.5) is 0 Å². The van der Waals surface area contributed by atoms with Gasteiger partial charge in [0.2, 0.25) is 0 Å². The largest absolute Gasteiger partial charge is 0.481 e. The van der Waals surface area contributed by atoms with Crippen molar-refractivity contribution in [2.45, 2.75) is 51.5 Å². The van der Waals surface area contributed by atoms with Crippen molar-refractivity contribution >= 4 is 23.2 Å². The first-order chi connectivity index (χ1) is 9.29. The average molecular weight is 296 g/mol. The Morgan fingerprint density at radius 2 is 2.10 bits per heavy atom. The number of nitrogens with zero attached hydrogens (tertiary/aromatic N) is 1. The van der Waals surface area contributed by atoms with Gasteiger partial charge in [0, 0.05) is 11.5 Å². The molecule has 0 saturated heterocycles. The summed E-state index contributed by atoms with van der Waals surface area (Å²) in [6, 6.07) is -0.0430. The summed E-state index contributed by atoms with van der Waals surface area (Å²) in [5.41, 5.74) is 2.31. The molecular formula is C14H20N2O3S. The summed E-state index contributed by atoms with van der Waals surface area (Å²) in [6.07, 6.45) is 1.88. The second-order valence-electron chi connectivity index (χ2n) is 6.30. The molecule has 1 aromatic rings. The Bertz CT molecular complexity index is 519. The third-order valence-electron chi connectivity index (χ3n) is 3.60. The van der Waals surface area contributed by atoms with E-state index in [1.54, 1.807) is 5.51 Å². The van der Waals surface area contributed by atoms with Crippen molar-refractivity contribution in [3.05, 3.63) is 16.1 Å². The van der Waals surface area contributed by atoms with Crippen LogP contribution < -0.4 is 5.32 Å². The van der Waals surface area contributed by atoms with Crippen molar-refractivity contribution in [3.8, 4) is 0 Å². The molecule has 2 rings (SSSR count). The zero-order valence-electron chi connectivity index (χ0n) is 12.0. The molecule has 6 heteroatoms. The molecule has 1 heterocycles. The van der Waals surface area contributed by atoms with Gasteiger partial charge in [0.1, 0.15) is 4.88 Å². The zero-order chi connectivity index (χ0) is 14.9. The van der Waals surface area contributed by atoms with E-state index >= 15 is 0 Å². The third kappa shape index (κ3) is 3.17. The molecule has 1 saturated carbocycles. The maximum atomic E-state index is 12.3. The molecule has 5 nitrogen and oxygen atoms in total. The van der Waals surface area contributed by atoms with Crippen LogP contribution in [0.1, 0.15) is 55.4 Å². The topological polar surface area (TPSA) is 79.3 Å². The van der Waals surface area contributed by atoms with Gasteiger partial charge < -0.3 is 10.4 Å². The van der Waals surface area contributed by atoms with Gasteiger partial charge in [0.15, 0.2) is 0 Å². The maximum Gasteiger partial charge on any atom is 0.306 e.